The molecule has 23 heavy (non-hydrogen) atoms. The van der Waals surface area contributed by atoms with Crippen molar-refractivity contribution >= 4 is 12.1 Å². The van der Waals surface area contributed by atoms with Gasteiger partial charge in [-0.3, -0.25) is 4.79 Å². The molecule has 1 aliphatic heterocycles. The molecular formula is C17H16N2O4. The van der Waals surface area contributed by atoms with Crippen LogP contribution in [0.1, 0.15) is 11.1 Å². The minimum Gasteiger partial charge on any atom is -0.484 e. The van der Waals surface area contributed by atoms with Crippen LogP contribution in [0.3, 0.4) is 0 Å². The van der Waals surface area contributed by atoms with Gasteiger partial charge in [-0.25, -0.2) is 5.43 Å². The van der Waals surface area contributed by atoms with Gasteiger partial charge in [0, 0.05) is 6.07 Å². The van der Waals surface area contributed by atoms with Crippen molar-refractivity contribution < 1.29 is 19.0 Å². The number of hydrazone groups is 1. The Kier molecular flexibility index (Phi) is 4.42. The van der Waals surface area contributed by atoms with E-state index in [-0.39, 0.29) is 19.3 Å². The predicted molar refractivity (Wildman–Crippen MR) is 85.0 cm³/mol. The number of ether oxygens (including phenoxy) is 3. The molecule has 6 heteroatoms. The van der Waals surface area contributed by atoms with E-state index < -0.39 is 0 Å². The lowest BCUT2D eigenvalue weighted by Crippen LogP contribution is -2.24. The lowest BCUT2D eigenvalue weighted by Gasteiger charge is -2.05. The number of hydrogen-bond acceptors (Lipinski definition) is 5. The molecule has 1 heterocycles. The summed E-state index contributed by atoms with van der Waals surface area (Å²) in [7, 11) is 0. The van der Waals surface area contributed by atoms with Gasteiger partial charge in [-0.05, 0) is 24.6 Å². The minimum absolute atomic E-state index is 0.134. The standard InChI is InChI=1S/C17H16N2O4/c1-12-2-4-13(5-3-12)9-18-19-17(20)10-21-14-6-7-15-16(8-14)23-11-22-15/h2-9H,10-11H2,1H3,(H,19,20)/b18-9-. The second-order valence-electron chi connectivity index (χ2n) is 5.01. The van der Waals surface area contributed by atoms with Crippen LogP contribution in [0.2, 0.25) is 0 Å². The van der Waals surface area contributed by atoms with Crippen LogP contribution in [-0.4, -0.2) is 25.5 Å². The maximum absolute atomic E-state index is 11.7. The van der Waals surface area contributed by atoms with Crippen LogP contribution in [0.5, 0.6) is 17.2 Å². The maximum atomic E-state index is 11.7. The molecule has 0 aliphatic carbocycles. The van der Waals surface area contributed by atoms with Gasteiger partial charge in [-0.1, -0.05) is 29.8 Å². The van der Waals surface area contributed by atoms with Gasteiger partial charge < -0.3 is 14.2 Å². The van der Waals surface area contributed by atoms with E-state index in [9.17, 15) is 4.79 Å². The number of hydrogen-bond donors (Lipinski definition) is 1. The zero-order chi connectivity index (χ0) is 16.1. The number of rotatable bonds is 5. The van der Waals surface area contributed by atoms with Gasteiger partial charge in [-0.15, -0.1) is 0 Å². The zero-order valence-electron chi connectivity index (χ0n) is 12.6. The van der Waals surface area contributed by atoms with E-state index in [0.29, 0.717) is 17.2 Å². The molecule has 0 saturated heterocycles. The van der Waals surface area contributed by atoms with E-state index in [1.165, 1.54) is 5.56 Å². The summed E-state index contributed by atoms with van der Waals surface area (Å²) in [6, 6.07) is 13.0. The largest absolute Gasteiger partial charge is 0.484 e. The van der Waals surface area contributed by atoms with Crippen molar-refractivity contribution in [2.45, 2.75) is 6.92 Å². The molecule has 0 saturated carbocycles. The van der Waals surface area contributed by atoms with Crippen molar-refractivity contribution in [2.24, 2.45) is 5.10 Å². The molecule has 0 unspecified atom stereocenters. The Morgan fingerprint density at radius 3 is 2.83 bits per heavy atom. The molecule has 118 valence electrons. The number of aryl methyl sites for hydroxylation is 1. The lowest BCUT2D eigenvalue weighted by molar-refractivity contribution is -0.123. The molecule has 1 N–H and O–H groups in total. The third-order valence-electron chi connectivity index (χ3n) is 3.19. The van der Waals surface area contributed by atoms with Crippen molar-refractivity contribution in [3.63, 3.8) is 0 Å². The summed E-state index contributed by atoms with van der Waals surface area (Å²) in [4.78, 5) is 11.7. The van der Waals surface area contributed by atoms with Gasteiger partial charge in [-0.2, -0.15) is 5.10 Å². The molecule has 2 aromatic rings. The van der Waals surface area contributed by atoms with Crippen LogP contribution in [0.15, 0.2) is 47.6 Å². The van der Waals surface area contributed by atoms with E-state index in [0.717, 1.165) is 5.56 Å². The number of carbonyl (C=O) groups excluding carboxylic acids is 1. The second-order valence-corrected chi connectivity index (χ2v) is 5.01. The maximum Gasteiger partial charge on any atom is 0.277 e. The van der Waals surface area contributed by atoms with E-state index >= 15 is 0 Å². The molecule has 1 amide bonds. The number of benzene rings is 2. The molecule has 0 fully saturated rings. The predicted octanol–water partition coefficient (Wildman–Crippen LogP) is 2.25. The summed E-state index contributed by atoms with van der Waals surface area (Å²) in [6.45, 7) is 2.08. The fourth-order valence-electron chi connectivity index (χ4n) is 1.98. The summed E-state index contributed by atoms with van der Waals surface area (Å²) in [5.74, 6) is 1.47. The third-order valence-corrected chi connectivity index (χ3v) is 3.19. The fraction of sp³-hybridized carbons (Fsp3) is 0.176. The number of carbonyl (C=O) groups is 1. The van der Waals surface area contributed by atoms with Crippen LogP contribution in [0.25, 0.3) is 0 Å². The van der Waals surface area contributed by atoms with Crippen LogP contribution < -0.4 is 19.6 Å². The Morgan fingerprint density at radius 2 is 2.00 bits per heavy atom. The third kappa shape index (κ3) is 4.00. The Hall–Kier alpha value is -3.02. The minimum atomic E-state index is -0.342. The SMILES string of the molecule is Cc1ccc(/C=N\NC(=O)COc2ccc3c(c2)OCO3)cc1. The highest BCUT2D eigenvalue weighted by Crippen LogP contribution is 2.34. The lowest BCUT2D eigenvalue weighted by atomic mass is 10.2. The van der Waals surface area contributed by atoms with Crippen molar-refractivity contribution in [1.82, 2.24) is 5.43 Å². The quantitative estimate of drug-likeness (QED) is 0.679. The first kappa shape index (κ1) is 14.9. The summed E-state index contributed by atoms with van der Waals surface area (Å²) >= 11 is 0. The number of fused-ring (bicyclic) bond motifs is 1. The molecule has 6 nitrogen and oxygen atoms in total. The van der Waals surface area contributed by atoms with Gasteiger partial charge in [0.2, 0.25) is 6.79 Å². The first-order chi connectivity index (χ1) is 11.2. The Labute approximate surface area is 133 Å². The molecule has 0 bridgehead atoms. The smallest absolute Gasteiger partial charge is 0.277 e. The first-order valence-electron chi connectivity index (χ1n) is 7.12. The zero-order valence-corrected chi connectivity index (χ0v) is 12.6. The van der Waals surface area contributed by atoms with Crippen molar-refractivity contribution in [1.29, 1.82) is 0 Å². The van der Waals surface area contributed by atoms with E-state index in [2.05, 4.69) is 10.5 Å². The summed E-state index contributed by atoms with van der Waals surface area (Å²) in [5.41, 5.74) is 4.50. The van der Waals surface area contributed by atoms with Gasteiger partial charge in [0.25, 0.3) is 5.91 Å². The van der Waals surface area contributed by atoms with Crippen LogP contribution in [-0.2, 0) is 4.79 Å². The van der Waals surface area contributed by atoms with Crippen molar-refractivity contribution in [3.05, 3.63) is 53.6 Å². The average Bonchev–Trinajstić information content (AvgIpc) is 3.02. The Balaban J connectivity index is 1.47. The summed E-state index contributed by atoms with van der Waals surface area (Å²) in [6.07, 6.45) is 1.58. The number of nitrogens with zero attached hydrogens (tertiary/aromatic N) is 1. The Morgan fingerprint density at radius 1 is 1.22 bits per heavy atom. The fourth-order valence-corrected chi connectivity index (χ4v) is 1.98. The summed E-state index contributed by atoms with van der Waals surface area (Å²) < 4.78 is 15.8. The monoisotopic (exact) mass is 312 g/mol. The van der Waals surface area contributed by atoms with Crippen LogP contribution in [0, 0.1) is 6.92 Å². The topological polar surface area (TPSA) is 69.2 Å². The van der Waals surface area contributed by atoms with Crippen LogP contribution >= 0.6 is 0 Å². The van der Waals surface area contributed by atoms with Gasteiger partial charge >= 0.3 is 0 Å². The molecule has 0 radical (unpaired) electrons. The molecule has 0 aromatic heterocycles. The molecule has 3 rings (SSSR count). The molecule has 2 aromatic carbocycles. The van der Waals surface area contributed by atoms with Crippen molar-refractivity contribution in [2.75, 3.05) is 13.4 Å². The van der Waals surface area contributed by atoms with Gasteiger partial charge in [0.05, 0.1) is 6.21 Å². The van der Waals surface area contributed by atoms with Crippen LogP contribution in [0.4, 0.5) is 0 Å². The number of nitrogens with one attached hydrogen (secondary N) is 1. The highest BCUT2D eigenvalue weighted by atomic mass is 16.7. The number of amides is 1. The first-order valence-corrected chi connectivity index (χ1v) is 7.12. The second kappa shape index (κ2) is 6.83. The molecule has 0 atom stereocenters. The highest BCUT2D eigenvalue weighted by Gasteiger charge is 2.14. The molecular weight excluding hydrogens is 296 g/mol. The summed E-state index contributed by atoms with van der Waals surface area (Å²) in [5, 5.41) is 3.89. The Bertz CT molecular complexity index is 726. The van der Waals surface area contributed by atoms with E-state index in [1.807, 2.05) is 31.2 Å². The van der Waals surface area contributed by atoms with Gasteiger partial charge in [0.15, 0.2) is 18.1 Å². The van der Waals surface area contributed by atoms with E-state index in [1.54, 1.807) is 24.4 Å². The molecule has 1 aliphatic rings. The normalized spacial score (nSPS) is 12.4. The molecule has 0 spiro atoms. The van der Waals surface area contributed by atoms with Crippen molar-refractivity contribution in [3.8, 4) is 17.2 Å². The van der Waals surface area contributed by atoms with E-state index in [4.69, 9.17) is 14.2 Å². The van der Waals surface area contributed by atoms with Gasteiger partial charge in [0.1, 0.15) is 5.75 Å². The average molecular weight is 312 g/mol. The highest BCUT2D eigenvalue weighted by molar-refractivity contribution is 5.82.